The first kappa shape index (κ1) is 11.0. The van der Waals surface area contributed by atoms with Crippen LogP contribution in [0.4, 0.5) is 0 Å². The molecule has 2 heteroatoms. The molecule has 0 spiro atoms. The molecule has 1 aliphatic carbocycles. The molecule has 0 aliphatic heterocycles. The monoisotopic (exact) mass is 243 g/mol. The second-order valence-corrected chi connectivity index (χ2v) is 5.60. The van der Waals surface area contributed by atoms with Gasteiger partial charge in [-0.3, -0.25) is 0 Å². The topological polar surface area (TPSA) is 12.0 Å². The summed E-state index contributed by atoms with van der Waals surface area (Å²) >= 11 is 1.85. The van der Waals surface area contributed by atoms with E-state index in [1.54, 1.807) is 11.1 Å². The Hall–Kier alpha value is -1.12. The zero-order chi connectivity index (χ0) is 11.7. The molecule has 0 amide bonds. The van der Waals surface area contributed by atoms with Gasteiger partial charge in [0.25, 0.3) is 0 Å². The van der Waals surface area contributed by atoms with E-state index in [4.69, 9.17) is 0 Å². The first-order chi connectivity index (χ1) is 8.36. The van der Waals surface area contributed by atoms with E-state index < -0.39 is 0 Å². The molecule has 0 atom stereocenters. The molecule has 2 aromatic rings. The minimum atomic E-state index is 0.960. The van der Waals surface area contributed by atoms with E-state index in [1.807, 2.05) is 18.4 Å². The maximum Gasteiger partial charge on any atom is 0.0346 e. The third-order valence-corrected chi connectivity index (χ3v) is 4.45. The summed E-state index contributed by atoms with van der Waals surface area (Å²) in [4.78, 5) is 1.39. The van der Waals surface area contributed by atoms with Crippen LogP contribution in [0, 0.1) is 0 Å². The van der Waals surface area contributed by atoms with E-state index in [-0.39, 0.29) is 0 Å². The average molecular weight is 243 g/mol. The molecule has 0 bridgehead atoms. The number of thiophene rings is 1. The summed E-state index contributed by atoms with van der Waals surface area (Å²) in [6, 6.07) is 9.28. The van der Waals surface area contributed by atoms with Crippen molar-refractivity contribution in [2.24, 2.45) is 0 Å². The van der Waals surface area contributed by atoms with Crippen molar-refractivity contribution in [2.45, 2.75) is 25.8 Å². The van der Waals surface area contributed by atoms with Crippen LogP contribution < -0.4 is 5.32 Å². The molecule has 1 heterocycles. The van der Waals surface area contributed by atoms with E-state index >= 15 is 0 Å². The van der Waals surface area contributed by atoms with Crippen LogP contribution in [0.15, 0.2) is 29.6 Å². The lowest BCUT2D eigenvalue weighted by molar-refractivity contribution is 0.821. The summed E-state index contributed by atoms with van der Waals surface area (Å²) < 4.78 is 0. The average Bonchev–Trinajstić information content (AvgIpc) is 2.96. The molecule has 1 aromatic carbocycles. The van der Waals surface area contributed by atoms with Crippen LogP contribution in [0.3, 0.4) is 0 Å². The molecule has 17 heavy (non-hydrogen) atoms. The standard InChI is InChI=1S/C15H17NS/c1-16-9-11-7-15(17-10-11)14-6-5-12-3-2-4-13(12)8-14/h5-8,10,16H,2-4,9H2,1H3. The third kappa shape index (κ3) is 2.15. The van der Waals surface area contributed by atoms with Crippen LogP contribution in [-0.2, 0) is 19.4 Å². The van der Waals surface area contributed by atoms with Gasteiger partial charge < -0.3 is 5.32 Å². The van der Waals surface area contributed by atoms with E-state index in [0.717, 1.165) is 6.54 Å². The minimum Gasteiger partial charge on any atom is -0.316 e. The predicted octanol–water partition coefficient (Wildman–Crippen LogP) is 3.62. The van der Waals surface area contributed by atoms with Crippen molar-refractivity contribution in [3.05, 3.63) is 46.3 Å². The maximum atomic E-state index is 3.20. The zero-order valence-corrected chi connectivity index (χ0v) is 10.9. The Morgan fingerprint density at radius 3 is 2.94 bits per heavy atom. The van der Waals surface area contributed by atoms with E-state index in [9.17, 15) is 0 Å². The molecule has 0 radical (unpaired) electrons. The fourth-order valence-electron chi connectivity index (χ4n) is 2.55. The number of benzene rings is 1. The summed E-state index contributed by atoms with van der Waals surface area (Å²) in [5, 5.41) is 5.45. The normalized spacial score (nSPS) is 13.9. The molecular formula is C15H17NS. The highest BCUT2D eigenvalue weighted by Crippen LogP contribution is 2.31. The first-order valence-electron chi connectivity index (χ1n) is 6.21. The fraction of sp³-hybridized carbons (Fsp3) is 0.333. The molecule has 0 saturated heterocycles. The van der Waals surface area contributed by atoms with Crippen molar-refractivity contribution in [1.82, 2.24) is 5.32 Å². The van der Waals surface area contributed by atoms with Gasteiger partial charge in [0.2, 0.25) is 0 Å². The summed E-state index contributed by atoms with van der Waals surface area (Å²) in [6.07, 6.45) is 3.86. The molecule has 0 fully saturated rings. The molecule has 0 saturated carbocycles. The second-order valence-electron chi connectivity index (χ2n) is 4.69. The van der Waals surface area contributed by atoms with Crippen molar-refractivity contribution in [3.63, 3.8) is 0 Å². The van der Waals surface area contributed by atoms with E-state index in [0.29, 0.717) is 0 Å². The van der Waals surface area contributed by atoms with Gasteiger partial charge in [-0.05, 0) is 60.0 Å². The Morgan fingerprint density at radius 1 is 1.18 bits per heavy atom. The summed E-state index contributed by atoms with van der Waals surface area (Å²) in [6.45, 7) is 0.960. The Bertz CT molecular complexity index is 527. The van der Waals surface area contributed by atoms with Gasteiger partial charge in [0.15, 0.2) is 0 Å². The Morgan fingerprint density at radius 2 is 2.06 bits per heavy atom. The summed E-state index contributed by atoms with van der Waals surface area (Å²) in [7, 11) is 1.99. The van der Waals surface area contributed by atoms with Crippen LogP contribution >= 0.6 is 11.3 Å². The highest BCUT2D eigenvalue weighted by Gasteiger charge is 2.12. The van der Waals surface area contributed by atoms with Gasteiger partial charge in [-0.2, -0.15) is 0 Å². The molecule has 3 rings (SSSR count). The van der Waals surface area contributed by atoms with Crippen LogP contribution in [-0.4, -0.2) is 7.05 Å². The molecule has 1 aromatic heterocycles. The lowest BCUT2D eigenvalue weighted by Crippen LogP contribution is -2.03. The van der Waals surface area contributed by atoms with Crippen molar-refractivity contribution in [1.29, 1.82) is 0 Å². The van der Waals surface area contributed by atoms with Gasteiger partial charge in [0.05, 0.1) is 0 Å². The SMILES string of the molecule is CNCc1csc(-c2ccc3c(c2)CCC3)c1. The minimum absolute atomic E-state index is 0.960. The van der Waals surface area contributed by atoms with Gasteiger partial charge in [-0.25, -0.2) is 0 Å². The van der Waals surface area contributed by atoms with Gasteiger partial charge in [0, 0.05) is 11.4 Å². The largest absolute Gasteiger partial charge is 0.316 e. The molecule has 88 valence electrons. The highest BCUT2D eigenvalue weighted by molar-refractivity contribution is 7.13. The second kappa shape index (κ2) is 4.63. The van der Waals surface area contributed by atoms with Crippen LogP contribution in [0.5, 0.6) is 0 Å². The lowest BCUT2D eigenvalue weighted by Gasteiger charge is -2.02. The lowest BCUT2D eigenvalue weighted by atomic mass is 10.1. The Labute approximate surface area is 106 Å². The summed E-state index contributed by atoms with van der Waals surface area (Å²) in [5.74, 6) is 0. The zero-order valence-electron chi connectivity index (χ0n) is 10.1. The quantitative estimate of drug-likeness (QED) is 0.868. The van der Waals surface area contributed by atoms with Crippen molar-refractivity contribution < 1.29 is 0 Å². The number of aryl methyl sites for hydroxylation is 2. The highest BCUT2D eigenvalue weighted by atomic mass is 32.1. The molecule has 1 nitrogen and oxygen atoms in total. The van der Waals surface area contributed by atoms with Crippen LogP contribution in [0.1, 0.15) is 23.1 Å². The Balaban J connectivity index is 1.92. The van der Waals surface area contributed by atoms with Gasteiger partial charge >= 0.3 is 0 Å². The van der Waals surface area contributed by atoms with E-state index in [1.165, 1.54) is 35.3 Å². The van der Waals surface area contributed by atoms with Crippen LogP contribution in [0.25, 0.3) is 10.4 Å². The van der Waals surface area contributed by atoms with Crippen molar-refractivity contribution in [2.75, 3.05) is 7.05 Å². The van der Waals surface area contributed by atoms with Gasteiger partial charge in [-0.15, -0.1) is 11.3 Å². The fourth-order valence-corrected chi connectivity index (χ4v) is 3.46. The molecule has 1 N–H and O–H groups in total. The Kier molecular flexibility index (Phi) is 3.00. The van der Waals surface area contributed by atoms with Crippen molar-refractivity contribution >= 4 is 11.3 Å². The summed E-state index contributed by atoms with van der Waals surface area (Å²) in [5.41, 5.74) is 5.89. The number of nitrogens with one attached hydrogen (secondary N) is 1. The first-order valence-corrected chi connectivity index (χ1v) is 7.09. The van der Waals surface area contributed by atoms with Gasteiger partial charge in [0.1, 0.15) is 0 Å². The smallest absolute Gasteiger partial charge is 0.0346 e. The van der Waals surface area contributed by atoms with E-state index in [2.05, 4.69) is 35.0 Å². The van der Waals surface area contributed by atoms with Crippen LogP contribution in [0.2, 0.25) is 0 Å². The third-order valence-electron chi connectivity index (χ3n) is 3.42. The molecule has 0 unspecified atom stereocenters. The maximum absolute atomic E-state index is 3.20. The predicted molar refractivity (Wildman–Crippen MR) is 74.5 cm³/mol. The number of hydrogen-bond acceptors (Lipinski definition) is 2. The number of rotatable bonds is 3. The van der Waals surface area contributed by atoms with Crippen molar-refractivity contribution in [3.8, 4) is 10.4 Å². The number of fused-ring (bicyclic) bond motifs is 1. The number of hydrogen-bond donors (Lipinski definition) is 1. The van der Waals surface area contributed by atoms with Gasteiger partial charge in [-0.1, -0.05) is 18.2 Å². The molecule has 1 aliphatic rings. The molecular weight excluding hydrogens is 226 g/mol.